The van der Waals surface area contributed by atoms with Crippen molar-refractivity contribution < 1.29 is 14.3 Å². The summed E-state index contributed by atoms with van der Waals surface area (Å²) in [5.41, 5.74) is 2.11. The molecule has 2 aromatic carbocycles. The Kier molecular flexibility index (Phi) is 6.65. The molecule has 3 amide bonds. The third-order valence-electron chi connectivity index (χ3n) is 3.45. The quantitative estimate of drug-likeness (QED) is 0.836. The predicted octanol–water partition coefficient (Wildman–Crippen LogP) is 4.25. The Hall–Kier alpha value is -2.73. The van der Waals surface area contributed by atoms with Crippen LogP contribution in [0.25, 0.3) is 0 Å². The van der Waals surface area contributed by atoms with Gasteiger partial charge in [-0.05, 0) is 42.8 Å². The number of carbonyl (C=O) groups excluding carboxylic acids is 2. The molecule has 0 aliphatic heterocycles. The van der Waals surface area contributed by atoms with Crippen LogP contribution in [-0.4, -0.2) is 25.8 Å². The van der Waals surface area contributed by atoms with E-state index in [9.17, 15) is 9.59 Å². The van der Waals surface area contributed by atoms with E-state index in [4.69, 9.17) is 16.3 Å². The first-order valence-electron chi connectivity index (χ1n) is 7.80. The highest BCUT2D eigenvalue weighted by atomic mass is 35.5. The van der Waals surface area contributed by atoms with Gasteiger partial charge >= 0.3 is 12.1 Å². The second-order valence-electron chi connectivity index (χ2n) is 5.20. The number of anilines is 2. The number of hydrogen-bond acceptors (Lipinski definition) is 3. The van der Waals surface area contributed by atoms with Gasteiger partial charge in [-0.3, -0.25) is 4.90 Å². The van der Waals surface area contributed by atoms with Gasteiger partial charge < -0.3 is 15.4 Å². The van der Waals surface area contributed by atoms with Crippen molar-refractivity contribution in [3.05, 3.63) is 59.1 Å². The Morgan fingerprint density at radius 2 is 1.80 bits per heavy atom. The minimum atomic E-state index is -0.430. The summed E-state index contributed by atoms with van der Waals surface area (Å²) in [5, 5.41) is 6.07. The molecule has 6 nitrogen and oxygen atoms in total. The normalized spacial score (nSPS) is 10.0. The van der Waals surface area contributed by atoms with E-state index in [1.54, 1.807) is 44.3 Å². The van der Waals surface area contributed by atoms with Gasteiger partial charge in [-0.1, -0.05) is 29.8 Å². The van der Waals surface area contributed by atoms with Crippen LogP contribution in [0.2, 0.25) is 5.02 Å². The molecule has 2 rings (SSSR count). The van der Waals surface area contributed by atoms with Crippen molar-refractivity contribution in [2.24, 2.45) is 0 Å². The molecule has 0 aliphatic rings. The zero-order valence-electron chi connectivity index (χ0n) is 14.1. The molecule has 0 unspecified atom stereocenters. The van der Waals surface area contributed by atoms with Gasteiger partial charge in [0, 0.05) is 30.0 Å². The van der Waals surface area contributed by atoms with Crippen LogP contribution in [0, 0.1) is 0 Å². The van der Waals surface area contributed by atoms with E-state index in [0.717, 1.165) is 5.56 Å². The molecule has 0 bridgehead atoms. The molecule has 0 heterocycles. The van der Waals surface area contributed by atoms with Crippen LogP contribution < -0.4 is 15.5 Å². The van der Waals surface area contributed by atoms with E-state index < -0.39 is 6.09 Å². The maximum absolute atomic E-state index is 12.0. The van der Waals surface area contributed by atoms with Gasteiger partial charge in [-0.15, -0.1) is 0 Å². The fourth-order valence-electron chi connectivity index (χ4n) is 2.09. The van der Waals surface area contributed by atoms with Gasteiger partial charge in [-0.25, -0.2) is 9.59 Å². The van der Waals surface area contributed by atoms with Gasteiger partial charge in [0.2, 0.25) is 0 Å². The fourth-order valence-corrected chi connectivity index (χ4v) is 2.29. The molecular weight excluding hydrogens is 342 g/mol. The first kappa shape index (κ1) is 18.6. The minimum absolute atomic E-state index is 0.314. The van der Waals surface area contributed by atoms with E-state index >= 15 is 0 Å². The number of hydrogen-bond donors (Lipinski definition) is 2. The van der Waals surface area contributed by atoms with Crippen molar-refractivity contribution in [1.82, 2.24) is 5.32 Å². The number of nitrogens with zero attached hydrogens (tertiary/aromatic N) is 1. The molecule has 2 N–H and O–H groups in total. The summed E-state index contributed by atoms with van der Waals surface area (Å²) in [6.07, 6.45) is -0.430. The molecule has 0 radical (unpaired) electrons. The van der Waals surface area contributed by atoms with E-state index in [1.807, 2.05) is 18.2 Å². The number of ether oxygens (including phenoxy) is 1. The van der Waals surface area contributed by atoms with Gasteiger partial charge in [0.15, 0.2) is 0 Å². The predicted molar refractivity (Wildman–Crippen MR) is 99.2 cm³/mol. The molecule has 0 atom stereocenters. The highest BCUT2D eigenvalue weighted by Crippen LogP contribution is 2.18. The molecule has 25 heavy (non-hydrogen) atoms. The third kappa shape index (κ3) is 5.39. The van der Waals surface area contributed by atoms with Gasteiger partial charge in [0.25, 0.3) is 0 Å². The van der Waals surface area contributed by atoms with Gasteiger partial charge in [-0.2, -0.15) is 0 Å². The largest absolute Gasteiger partial charge is 0.449 e. The number of rotatable bonds is 5. The average Bonchev–Trinajstić information content (AvgIpc) is 2.61. The molecule has 0 spiro atoms. The minimum Gasteiger partial charge on any atom is -0.449 e. The molecule has 0 saturated heterocycles. The van der Waals surface area contributed by atoms with Crippen molar-refractivity contribution in [2.45, 2.75) is 13.5 Å². The monoisotopic (exact) mass is 361 g/mol. The lowest BCUT2D eigenvalue weighted by Gasteiger charge is -2.17. The Labute approximate surface area is 151 Å². The molecule has 0 aromatic heterocycles. The Morgan fingerprint density at radius 1 is 1.12 bits per heavy atom. The first-order chi connectivity index (χ1) is 12.0. The van der Waals surface area contributed by atoms with Crippen molar-refractivity contribution in [3.63, 3.8) is 0 Å². The van der Waals surface area contributed by atoms with E-state index in [1.165, 1.54) is 4.90 Å². The lowest BCUT2D eigenvalue weighted by Crippen LogP contribution is -2.28. The van der Waals surface area contributed by atoms with Crippen LogP contribution in [0.4, 0.5) is 21.0 Å². The van der Waals surface area contributed by atoms with Crippen LogP contribution in [0.1, 0.15) is 12.5 Å². The fraction of sp³-hybridized carbons (Fsp3) is 0.222. The molecule has 2 aromatic rings. The topological polar surface area (TPSA) is 70.7 Å². The van der Waals surface area contributed by atoms with Crippen LogP contribution in [-0.2, 0) is 11.3 Å². The zero-order valence-corrected chi connectivity index (χ0v) is 14.8. The molecule has 0 aliphatic carbocycles. The highest BCUT2D eigenvalue weighted by molar-refractivity contribution is 6.31. The van der Waals surface area contributed by atoms with Crippen molar-refractivity contribution >= 4 is 35.1 Å². The Morgan fingerprint density at radius 3 is 2.44 bits per heavy atom. The lowest BCUT2D eigenvalue weighted by molar-refractivity contribution is 0.161. The highest BCUT2D eigenvalue weighted by Gasteiger charge is 2.11. The first-order valence-corrected chi connectivity index (χ1v) is 8.18. The van der Waals surface area contributed by atoms with Gasteiger partial charge in [0.05, 0.1) is 6.61 Å². The number of amides is 3. The molecule has 132 valence electrons. The second kappa shape index (κ2) is 8.94. The number of carbonyl (C=O) groups is 2. The van der Waals surface area contributed by atoms with Gasteiger partial charge in [0.1, 0.15) is 0 Å². The standard InChI is InChI=1S/C18H20ClN3O3/c1-3-25-18(24)22(2)15-10-8-14(9-11-15)21-17(23)20-12-13-6-4-5-7-16(13)19/h4-11H,3,12H2,1-2H3,(H2,20,21,23). The van der Waals surface area contributed by atoms with Crippen LogP contribution in [0.5, 0.6) is 0 Å². The summed E-state index contributed by atoms with van der Waals surface area (Å²) < 4.78 is 4.93. The van der Waals surface area contributed by atoms with E-state index in [2.05, 4.69) is 10.6 Å². The molecule has 0 fully saturated rings. The molecule has 0 saturated carbocycles. The van der Waals surface area contributed by atoms with Crippen molar-refractivity contribution in [1.29, 1.82) is 0 Å². The van der Waals surface area contributed by atoms with Crippen LogP contribution >= 0.6 is 11.6 Å². The lowest BCUT2D eigenvalue weighted by atomic mass is 10.2. The SMILES string of the molecule is CCOC(=O)N(C)c1ccc(NC(=O)NCc2ccccc2Cl)cc1. The van der Waals surface area contributed by atoms with Crippen molar-refractivity contribution in [2.75, 3.05) is 23.9 Å². The Bertz CT molecular complexity index is 735. The maximum Gasteiger partial charge on any atom is 0.413 e. The van der Waals surface area contributed by atoms with Crippen LogP contribution in [0.15, 0.2) is 48.5 Å². The molecular formula is C18H20ClN3O3. The van der Waals surface area contributed by atoms with Crippen LogP contribution in [0.3, 0.4) is 0 Å². The third-order valence-corrected chi connectivity index (χ3v) is 3.82. The van der Waals surface area contributed by atoms with Crippen molar-refractivity contribution in [3.8, 4) is 0 Å². The van der Waals surface area contributed by atoms with E-state index in [0.29, 0.717) is 29.5 Å². The number of urea groups is 1. The number of halogens is 1. The summed E-state index contributed by atoms with van der Waals surface area (Å²) in [4.78, 5) is 25.0. The summed E-state index contributed by atoms with van der Waals surface area (Å²) >= 11 is 6.05. The average molecular weight is 362 g/mol. The summed E-state index contributed by atoms with van der Waals surface area (Å²) in [7, 11) is 1.62. The number of benzene rings is 2. The Balaban J connectivity index is 1.89. The van der Waals surface area contributed by atoms with E-state index in [-0.39, 0.29) is 6.03 Å². The maximum atomic E-state index is 12.0. The smallest absolute Gasteiger partial charge is 0.413 e. The summed E-state index contributed by atoms with van der Waals surface area (Å²) in [6, 6.07) is 13.8. The number of nitrogens with one attached hydrogen (secondary N) is 2. The second-order valence-corrected chi connectivity index (χ2v) is 5.61. The zero-order chi connectivity index (χ0) is 18.2. The summed E-state index contributed by atoms with van der Waals surface area (Å²) in [6.45, 7) is 2.39. The summed E-state index contributed by atoms with van der Waals surface area (Å²) in [5.74, 6) is 0. The molecule has 7 heteroatoms.